The van der Waals surface area contributed by atoms with Crippen LogP contribution in [0.3, 0.4) is 0 Å². The highest BCUT2D eigenvalue weighted by Gasteiger charge is 2.06. The Kier molecular flexibility index (Phi) is 4.69. The first-order chi connectivity index (χ1) is 8.00. The predicted molar refractivity (Wildman–Crippen MR) is 66.0 cm³/mol. The summed E-state index contributed by atoms with van der Waals surface area (Å²) < 4.78 is 0. The molecule has 0 aromatic heterocycles. The summed E-state index contributed by atoms with van der Waals surface area (Å²) in [7, 11) is 0. The molecular weight excluding hydrogens is 218 g/mol. The van der Waals surface area contributed by atoms with Gasteiger partial charge in [0.25, 0.3) is 0 Å². The van der Waals surface area contributed by atoms with Crippen molar-refractivity contribution in [3.63, 3.8) is 0 Å². The molecule has 0 saturated heterocycles. The van der Waals surface area contributed by atoms with Gasteiger partial charge in [-0.3, -0.25) is 9.59 Å². The van der Waals surface area contributed by atoms with Crippen molar-refractivity contribution in [2.24, 2.45) is 0 Å². The summed E-state index contributed by atoms with van der Waals surface area (Å²) in [5.41, 5.74) is 2.96. The van der Waals surface area contributed by atoms with Crippen LogP contribution in [0.2, 0.25) is 0 Å². The maximum atomic E-state index is 11.6. The van der Waals surface area contributed by atoms with E-state index in [-0.39, 0.29) is 18.7 Å². The first kappa shape index (κ1) is 13.2. The highest BCUT2D eigenvalue weighted by molar-refractivity contribution is 5.91. The molecule has 0 aliphatic heterocycles. The van der Waals surface area contributed by atoms with Gasteiger partial charge in [-0.1, -0.05) is 12.1 Å². The SMILES string of the molecule is Cc1cccc(NC(=O)CCCC(=O)O)c1C. The maximum Gasteiger partial charge on any atom is 0.303 e. The highest BCUT2D eigenvalue weighted by Crippen LogP contribution is 2.18. The Morgan fingerprint density at radius 2 is 1.94 bits per heavy atom. The number of carbonyl (C=O) groups is 2. The van der Waals surface area contributed by atoms with E-state index in [9.17, 15) is 9.59 Å². The van der Waals surface area contributed by atoms with Crippen LogP contribution in [-0.4, -0.2) is 17.0 Å². The molecule has 1 rings (SSSR count). The first-order valence-electron chi connectivity index (χ1n) is 5.58. The van der Waals surface area contributed by atoms with Crippen molar-refractivity contribution in [1.29, 1.82) is 0 Å². The van der Waals surface area contributed by atoms with E-state index in [1.54, 1.807) is 0 Å². The zero-order valence-corrected chi connectivity index (χ0v) is 10.1. The lowest BCUT2D eigenvalue weighted by Crippen LogP contribution is -2.13. The normalized spacial score (nSPS) is 10.0. The fraction of sp³-hybridized carbons (Fsp3) is 0.385. The second-order valence-electron chi connectivity index (χ2n) is 4.04. The van der Waals surface area contributed by atoms with Crippen LogP contribution in [0.5, 0.6) is 0 Å². The number of anilines is 1. The standard InChI is InChI=1S/C13H17NO3/c1-9-5-3-6-11(10(9)2)14-12(15)7-4-8-13(16)17/h3,5-6H,4,7-8H2,1-2H3,(H,14,15)(H,16,17). The minimum atomic E-state index is -0.871. The number of nitrogens with one attached hydrogen (secondary N) is 1. The summed E-state index contributed by atoms with van der Waals surface area (Å²) in [6.45, 7) is 3.93. The number of rotatable bonds is 5. The van der Waals surface area contributed by atoms with Crippen molar-refractivity contribution in [2.75, 3.05) is 5.32 Å². The lowest BCUT2D eigenvalue weighted by Gasteiger charge is -2.09. The molecule has 0 spiro atoms. The maximum absolute atomic E-state index is 11.6. The van der Waals surface area contributed by atoms with Crippen LogP contribution in [-0.2, 0) is 9.59 Å². The monoisotopic (exact) mass is 235 g/mol. The van der Waals surface area contributed by atoms with Gasteiger partial charge in [0.15, 0.2) is 0 Å². The molecule has 0 heterocycles. The lowest BCUT2D eigenvalue weighted by molar-refractivity contribution is -0.137. The third-order valence-corrected chi connectivity index (χ3v) is 2.67. The largest absolute Gasteiger partial charge is 0.481 e. The van der Waals surface area contributed by atoms with Crippen LogP contribution >= 0.6 is 0 Å². The van der Waals surface area contributed by atoms with Crippen LogP contribution in [0.4, 0.5) is 5.69 Å². The lowest BCUT2D eigenvalue weighted by atomic mass is 10.1. The number of carbonyl (C=O) groups excluding carboxylic acids is 1. The third kappa shape index (κ3) is 4.26. The molecule has 1 amide bonds. The predicted octanol–water partition coefficient (Wildman–Crippen LogP) is 2.50. The fourth-order valence-electron chi connectivity index (χ4n) is 1.50. The Bertz CT molecular complexity index is 427. The smallest absolute Gasteiger partial charge is 0.303 e. The van der Waals surface area contributed by atoms with Crippen LogP contribution < -0.4 is 5.32 Å². The number of aliphatic carboxylic acids is 1. The molecular formula is C13H17NO3. The zero-order valence-electron chi connectivity index (χ0n) is 10.1. The van der Waals surface area contributed by atoms with Crippen molar-refractivity contribution >= 4 is 17.6 Å². The van der Waals surface area contributed by atoms with E-state index in [2.05, 4.69) is 5.32 Å². The molecule has 17 heavy (non-hydrogen) atoms. The summed E-state index contributed by atoms with van der Waals surface area (Å²) in [5, 5.41) is 11.3. The van der Waals surface area contributed by atoms with Crippen molar-refractivity contribution in [3.05, 3.63) is 29.3 Å². The molecule has 1 aromatic rings. The molecule has 0 unspecified atom stereocenters. The van der Waals surface area contributed by atoms with Crippen LogP contribution in [0.25, 0.3) is 0 Å². The molecule has 0 bridgehead atoms. The average Bonchev–Trinajstić information content (AvgIpc) is 2.24. The van der Waals surface area contributed by atoms with Crippen molar-refractivity contribution < 1.29 is 14.7 Å². The summed E-state index contributed by atoms with van der Waals surface area (Å²) in [6.07, 6.45) is 0.631. The summed E-state index contributed by atoms with van der Waals surface area (Å²) in [5.74, 6) is -1.01. The van der Waals surface area contributed by atoms with Crippen LogP contribution in [0.1, 0.15) is 30.4 Å². The van der Waals surface area contributed by atoms with E-state index in [4.69, 9.17) is 5.11 Å². The van der Waals surface area contributed by atoms with Crippen LogP contribution in [0.15, 0.2) is 18.2 Å². The number of carboxylic acid groups (broad SMARTS) is 1. The number of aryl methyl sites for hydroxylation is 1. The zero-order chi connectivity index (χ0) is 12.8. The quantitative estimate of drug-likeness (QED) is 0.824. The average molecular weight is 235 g/mol. The van der Waals surface area contributed by atoms with Crippen LogP contribution in [0, 0.1) is 13.8 Å². The Hall–Kier alpha value is -1.84. The van der Waals surface area contributed by atoms with Gasteiger partial charge in [0.1, 0.15) is 0 Å². The van der Waals surface area contributed by atoms with Gasteiger partial charge in [0.2, 0.25) is 5.91 Å². The molecule has 0 aliphatic rings. The Morgan fingerprint density at radius 1 is 1.24 bits per heavy atom. The van der Waals surface area contributed by atoms with Crippen molar-refractivity contribution in [3.8, 4) is 0 Å². The second-order valence-corrected chi connectivity index (χ2v) is 4.04. The second kappa shape index (κ2) is 6.03. The van der Waals surface area contributed by atoms with E-state index < -0.39 is 5.97 Å². The van der Waals surface area contributed by atoms with E-state index in [0.29, 0.717) is 6.42 Å². The molecule has 1 aromatic carbocycles. The van der Waals surface area contributed by atoms with Crippen molar-refractivity contribution in [2.45, 2.75) is 33.1 Å². The molecule has 0 atom stereocenters. The summed E-state index contributed by atoms with van der Waals surface area (Å²) in [4.78, 5) is 21.9. The molecule has 0 saturated carbocycles. The van der Waals surface area contributed by atoms with Gasteiger partial charge >= 0.3 is 5.97 Å². The summed E-state index contributed by atoms with van der Waals surface area (Å²) in [6, 6.07) is 5.71. The van der Waals surface area contributed by atoms with Gasteiger partial charge in [-0.05, 0) is 37.5 Å². The first-order valence-corrected chi connectivity index (χ1v) is 5.58. The van der Waals surface area contributed by atoms with E-state index in [0.717, 1.165) is 16.8 Å². The molecule has 0 aliphatic carbocycles. The minimum absolute atomic E-state index is 0.0280. The minimum Gasteiger partial charge on any atom is -0.481 e. The molecule has 4 nitrogen and oxygen atoms in total. The molecule has 0 radical (unpaired) electrons. The number of carboxylic acids is 1. The number of amides is 1. The number of hydrogen-bond donors (Lipinski definition) is 2. The summed E-state index contributed by atoms with van der Waals surface area (Å²) >= 11 is 0. The van der Waals surface area contributed by atoms with Gasteiger partial charge in [0, 0.05) is 18.5 Å². The van der Waals surface area contributed by atoms with E-state index in [1.165, 1.54) is 0 Å². The molecule has 4 heteroatoms. The number of benzene rings is 1. The van der Waals surface area contributed by atoms with Gasteiger partial charge in [-0.15, -0.1) is 0 Å². The van der Waals surface area contributed by atoms with E-state index >= 15 is 0 Å². The third-order valence-electron chi connectivity index (χ3n) is 2.67. The Labute approximate surface area is 101 Å². The molecule has 0 fully saturated rings. The van der Waals surface area contributed by atoms with E-state index in [1.807, 2.05) is 32.0 Å². The van der Waals surface area contributed by atoms with Gasteiger partial charge in [-0.25, -0.2) is 0 Å². The van der Waals surface area contributed by atoms with Gasteiger partial charge in [0.05, 0.1) is 0 Å². The molecule has 92 valence electrons. The Morgan fingerprint density at radius 3 is 2.59 bits per heavy atom. The van der Waals surface area contributed by atoms with Gasteiger partial charge < -0.3 is 10.4 Å². The highest BCUT2D eigenvalue weighted by atomic mass is 16.4. The number of hydrogen-bond acceptors (Lipinski definition) is 2. The topological polar surface area (TPSA) is 66.4 Å². The van der Waals surface area contributed by atoms with Crippen molar-refractivity contribution in [1.82, 2.24) is 0 Å². The molecule has 2 N–H and O–H groups in total. The van der Waals surface area contributed by atoms with Gasteiger partial charge in [-0.2, -0.15) is 0 Å². The Balaban J connectivity index is 2.51. The fourth-order valence-corrected chi connectivity index (χ4v) is 1.50.